The van der Waals surface area contributed by atoms with Gasteiger partial charge in [0.25, 0.3) is 0 Å². The number of carbonyl (C=O) groups excluding carboxylic acids is 1. The van der Waals surface area contributed by atoms with E-state index < -0.39 is 0 Å². The van der Waals surface area contributed by atoms with Crippen molar-refractivity contribution in [1.82, 2.24) is 4.57 Å². The van der Waals surface area contributed by atoms with Crippen molar-refractivity contribution >= 4 is 11.6 Å². The van der Waals surface area contributed by atoms with E-state index in [9.17, 15) is 4.79 Å². The second kappa shape index (κ2) is 7.57. The van der Waals surface area contributed by atoms with Crippen LogP contribution in [0.4, 0.5) is 5.69 Å². The zero-order chi connectivity index (χ0) is 17.6. The Morgan fingerprint density at radius 3 is 2.12 bits per heavy atom. The van der Waals surface area contributed by atoms with Gasteiger partial charge in [-0.15, -0.1) is 0 Å². The molecule has 0 saturated heterocycles. The van der Waals surface area contributed by atoms with Crippen LogP contribution in [-0.2, 0) is 11.2 Å². The zero-order valence-corrected chi connectivity index (χ0v) is 14.2. The van der Waals surface area contributed by atoms with Gasteiger partial charge in [0.15, 0.2) is 0 Å². The van der Waals surface area contributed by atoms with E-state index in [-0.39, 0.29) is 5.91 Å². The summed E-state index contributed by atoms with van der Waals surface area (Å²) >= 11 is 0. The van der Waals surface area contributed by atoms with Gasteiger partial charge in [-0.3, -0.25) is 4.79 Å². The van der Waals surface area contributed by atoms with E-state index >= 15 is 0 Å². The normalized spacial score (nSPS) is 10.3. The Kier molecular flexibility index (Phi) is 5.04. The van der Waals surface area contributed by atoms with Gasteiger partial charge in [-0.2, -0.15) is 0 Å². The molecule has 0 aliphatic heterocycles. The number of benzene rings is 2. The van der Waals surface area contributed by atoms with E-state index in [1.807, 2.05) is 53.4 Å². The molecule has 25 heavy (non-hydrogen) atoms. The highest BCUT2D eigenvalue weighted by Gasteiger charge is 2.07. The summed E-state index contributed by atoms with van der Waals surface area (Å²) in [7, 11) is 3.15. The van der Waals surface area contributed by atoms with Crippen LogP contribution >= 0.6 is 0 Å². The quantitative estimate of drug-likeness (QED) is 0.747. The predicted octanol–water partition coefficient (Wildman–Crippen LogP) is 3.68. The molecule has 0 spiro atoms. The Balaban J connectivity index is 1.66. The minimum Gasteiger partial charge on any atom is -0.497 e. The summed E-state index contributed by atoms with van der Waals surface area (Å²) in [5, 5.41) is 2.88. The van der Waals surface area contributed by atoms with Crippen LogP contribution in [0.1, 0.15) is 5.56 Å². The number of anilines is 1. The third-order valence-corrected chi connectivity index (χ3v) is 3.84. The Morgan fingerprint density at radius 2 is 1.56 bits per heavy atom. The van der Waals surface area contributed by atoms with Crippen LogP contribution in [0.3, 0.4) is 0 Å². The number of methoxy groups -OCH3 is 2. The molecule has 5 nitrogen and oxygen atoms in total. The van der Waals surface area contributed by atoms with Crippen LogP contribution < -0.4 is 14.8 Å². The van der Waals surface area contributed by atoms with E-state index in [4.69, 9.17) is 9.47 Å². The average Bonchev–Trinajstić information content (AvgIpc) is 3.16. The van der Waals surface area contributed by atoms with Crippen molar-refractivity contribution in [2.45, 2.75) is 6.42 Å². The monoisotopic (exact) mass is 336 g/mol. The minimum absolute atomic E-state index is 0.0935. The molecular weight excluding hydrogens is 316 g/mol. The van der Waals surface area contributed by atoms with Crippen LogP contribution in [0, 0.1) is 0 Å². The fraction of sp³-hybridized carbons (Fsp3) is 0.150. The summed E-state index contributed by atoms with van der Waals surface area (Å²) in [5.41, 5.74) is 2.65. The Morgan fingerprint density at radius 1 is 0.960 bits per heavy atom. The Hall–Kier alpha value is -3.21. The maximum absolute atomic E-state index is 12.3. The highest BCUT2D eigenvalue weighted by Crippen LogP contribution is 2.25. The first-order valence-electron chi connectivity index (χ1n) is 7.93. The topological polar surface area (TPSA) is 52.5 Å². The Bertz CT molecular complexity index is 818. The van der Waals surface area contributed by atoms with E-state index in [0.29, 0.717) is 23.6 Å². The maximum Gasteiger partial charge on any atom is 0.228 e. The lowest BCUT2D eigenvalue weighted by molar-refractivity contribution is -0.115. The maximum atomic E-state index is 12.3. The van der Waals surface area contributed by atoms with Crippen LogP contribution in [0.25, 0.3) is 5.69 Å². The summed E-state index contributed by atoms with van der Waals surface area (Å²) in [6.45, 7) is 0. The third kappa shape index (κ3) is 4.20. The van der Waals surface area contributed by atoms with Crippen molar-refractivity contribution in [2.75, 3.05) is 19.5 Å². The molecule has 0 unspecified atom stereocenters. The highest BCUT2D eigenvalue weighted by atomic mass is 16.5. The molecule has 0 radical (unpaired) electrons. The number of nitrogens with one attached hydrogen (secondary N) is 1. The molecular formula is C20H20N2O3. The molecule has 128 valence electrons. The molecule has 0 atom stereocenters. The molecule has 0 bridgehead atoms. The van der Waals surface area contributed by atoms with Crippen LogP contribution in [0.15, 0.2) is 67.0 Å². The molecule has 3 aromatic rings. The molecule has 2 aromatic carbocycles. The molecule has 1 aromatic heterocycles. The first kappa shape index (κ1) is 16.6. The molecule has 0 aliphatic carbocycles. The number of aromatic nitrogens is 1. The SMILES string of the molecule is COc1cc(NC(=O)Cc2ccc(-n3cccc3)cc2)cc(OC)c1. The molecule has 0 saturated carbocycles. The van der Waals surface area contributed by atoms with Crippen molar-refractivity contribution in [2.24, 2.45) is 0 Å². The molecule has 1 N–H and O–H groups in total. The summed E-state index contributed by atoms with van der Waals surface area (Å²) in [6, 6.07) is 17.1. The van der Waals surface area contributed by atoms with E-state index in [1.165, 1.54) is 0 Å². The molecule has 1 amide bonds. The molecule has 3 rings (SSSR count). The van der Waals surface area contributed by atoms with Gasteiger partial charge in [0, 0.05) is 42.0 Å². The highest BCUT2D eigenvalue weighted by molar-refractivity contribution is 5.92. The van der Waals surface area contributed by atoms with E-state index in [1.54, 1.807) is 32.4 Å². The number of nitrogens with zero attached hydrogens (tertiary/aromatic N) is 1. The number of ether oxygens (including phenoxy) is 2. The zero-order valence-electron chi connectivity index (χ0n) is 14.2. The molecule has 0 fully saturated rings. The smallest absolute Gasteiger partial charge is 0.228 e. The van der Waals surface area contributed by atoms with Crippen molar-refractivity contribution in [3.63, 3.8) is 0 Å². The number of hydrogen-bond donors (Lipinski definition) is 1. The molecule has 5 heteroatoms. The van der Waals surface area contributed by atoms with Gasteiger partial charge >= 0.3 is 0 Å². The van der Waals surface area contributed by atoms with Crippen LogP contribution in [0.5, 0.6) is 11.5 Å². The summed E-state index contributed by atoms with van der Waals surface area (Å²) < 4.78 is 12.4. The van der Waals surface area contributed by atoms with Crippen molar-refractivity contribution in [3.05, 3.63) is 72.6 Å². The number of rotatable bonds is 6. The van der Waals surface area contributed by atoms with Crippen LogP contribution in [0.2, 0.25) is 0 Å². The minimum atomic E-state index is -0.0935. The first-order valence-corrected chi connectivity index (χ1v) is 7.93. The second-order valence-electron chi connectivity index (χ2n) is 5.58. The molecule has 0 aliphatic rings. The summed E-state index contributed by atoms with van der Waals surface area (Å²) in [4.78, 5) is 12.3. The second-order valence-corrected chi connectivity index (χ2v) is 5.58. The van der Waals surface area contributed by atoms with Gasteiger partial charge in [0.05, 0.1) is 20.6 Å². The van der Waals surface area contributed by atoms with Gasteiger partial charge in [0.2, 0.25) is 5.91 Å². The van der Waals surface area contributed by atoms with Crippen molar-refractivity contribution in [3.8, 4) is 17.2 Å². The standard InChI is InChI=1S/C20H20N2O3/c1-24-18-12-16(13-19(14-18)25-2)21-20(23)11-15-5-7-17(8-6-15)22-9-3-4-10-22/h3-10,12-14H,11H2,1-2H3,(H,21,23). The van der Waals surface area contributed by atoms with Gasteiger partial charge in [-0.1, -0.05) is 12.1 Å². The fourth-order valence-corrected chi connectivity index (χ4v) is 2.56. The van der Waals surface area contributed by atoms with Gasteiger partial charge in [-0.05, 0) is 29.8 Å². The summed E-state index contributed by atoms with van der Waals surface area (Å²) in [6.07, 6.45) is 4.27. The number of carbonyl (C=O) groups is 1. The lowest BCUT2D eigenvalue weighted by Gasteiger charge is -2.10. The lowest BCUT2D eigenvalue weighted by atomic mass is 10.1. The van der Waals surface area contributed by atoms with Gasteiger partial charge < -0.3 is 19.4 Å². The average molecular weight is 336 g/mol. The number of hydrogen-bond acceptors (Lipinski definition) is 3. The van der Waals surface area contributed by atoms with Crippen LogP contribution in [-0.4, -0.2) is 24.7 Å². The van der Waals surface area contributed by atoms with E-state index in [0.717, 1.165) is 11.3 Å². The molecule has 1 heterocycles. The number of amides is 1. The first-order chi connectivity index (χ1) is 12.2. The predicted molar refractivity (Wildman–Crippen MR) is 97.6 cm³/mol. The van der Waals surface area contributed by atoms with Gasteiger partial charge in [0.1, 0.15) is 11.5 Å². The van der Waals surface area contributed by atoms with E-state index in [2.05, 4.69) is 5.32 Å². The Labute approximate surface area is 146 Å². The summed E-state index contributed by atoms with van der Waals surface area (Å²) in [5.74, 6) is 1.17. The fourth-order valence-electron chi connectivity index (χ4n) is 2.56. The third-order valence-electron chi connectivity index (χ3n) is 3.84. The lowest BCUT2D eigenvalue weighted by Crippen LogP contribution is -2.14. The largest absolute Gasteiger partial charge is 0.497 e. The van der Waals surface area contributed by atoms with Gasteiger partial charge in [-0.25, -0.2) is 0 Å². The van der Waals surface area contributed by atoms with Crippen molar-refractivity contribution in [1.29, 1.82) is 0 Å². The van der Waals surface area contributed by atoms with Crippen molar-refractivity contribution < 1.29 is 14.3 Å².